The molecule has 5 nitrogen and oxygen atoms in total. The van der Waals surface area contributed by atoms with Gasteiger partial charge in [0.15, 0.2) is 0 Å². The number of amides is 1. The molecule has 0 saturated heterocycles. The van der Waals surface area contributed by atoms with Gasteiger partial charge >= 0.3 is 0 Å². The van der Waals surface area contributed by atoms with E-state index in [-0.39, 0.29) is 17.9 Å². The standard InChI is InChI=1S/C11H15FN2O3/c12-8-1-2-10(15)9(7-8)11(16)14-4-6-17-5-3-13/h1-2,7,15H,3-6,13H2,(H,14,16). The Bertz CT molecular complexity index is 385. The number of phenolic OH excluding ortho intramolecular Hbond substituents is 1. The minimum atomic E-state index is -0.577. The van der Waals surface area contributed by atoms with Crippen molar-refractivity contribution in [2.75, 3.05) is 26.3 Å². The maximum Gasteiger partial charge on any atom is 0.255 e. The monoisotopic (exact) mass is 242 g/mol. The molecule has 6 heteroatoms. The quantitative estimate of drug-likeness (QED) is 0.624. The first-order valence-corrected chi connectivity index (χ1v) is 5.19. The van der Waals surface area contributed by atoms with Crippen LogP contribution in [0.2, 0.25) is 0 Å². The summed E-state index contributed by atoms with van der Waals surface area (Å²) in [6, 6.07) is 3.19. The van der Waals surface area contributed by atoms with E-state index in [2.05, 4.69) is 5.32 Å². The number of nitrogens with one attached hydrogen (secondary N) is 1. The molecule has 0 saturated carbocycles. The number of carbonyl (C=O) groups is 1. The van der Waals surface area contributed by atoms with Gasteiger partial charge in [-0.25, -0.2) is 4.39 Å². The molecule has 0 aliphatic heterocycles. The third-order valence-electron chi connectivity index (χ3n) is 2.00. The maximum atomic E-state index is 12.9. The molecule has 0 aliphatic carbocycles. The Labute approximate surface area is 98.4 Å². The van der Waals surface area contributed by atoms with Crippen molar-refractivity contribution in [3.63, 3.8) is 0 Å². The van der Waals surface area contributed by atoms with Crippen molar-refractivity contribution >= 4 is 5.91 Å². The van der Waals surface area contributed by atoms with Crippen LogP contribution in [0.25, 0.3) is 0 Å². The van der Waals surface area contributed by atoms with Gasteiger partial charge < -0.3 is 20.9 Å². The number of phenols is 1. The van der Waals surface area contributed by atoms with E-state index in [1.54, 1.807) is 0 Å². The van der Waals surface area contributed by atoms with Crippen LogP contribution in [0.5, 0.6) is 5.75 Å². The summed E-state index contributed by atoms with van der Waals surface area (Å²) in [5.41, 5.74) is 5.12. The van der Waals surface area contributed by atoms with Crippen molar-refractivity contribution in [2.24, 2.45) is 5.73 Å². The molecule has 0 spiro atoms. The van der Waals surface area contributed by atoms with E-state index in [0.29, 0.717) is 19.8 Å². The van der Waals surface area contributed by atoms with Crippen LogP contribution in [0, 0.1) is 5.82 Å². The summed E-state index contributed by atoms with van der Waals surface area (Å²) in [5.74, 6) is -1.38. The molecule has 0 atom stereocenters. The first-order valence-electron chi connectivity index (χ1n) is 5.19. The Balaban J connectivity index is 2.44. The Hall–Kier alpha value is -1.66. The second-order valence-corrected chi connectivity index (χ2v) is 3.32. The van der Waals surface area contributed by atoms with Crippen LogP contribution in [0.4, 0.5) is 4.39 Å². The van der Waals surface area contributed by atoms with Crippen molar-refractivity contribution in [1.82, 2.24) is 5.32 Å². The molecular weight excluding hydrogens is 227 g/mol. The van der Waals surface area contributed by atoms with Gasteiger partial charge in [-0.1, -0.05) is 0 Å². The van der Waals surface area contributed by atoms with Crippen LogP contribution < -0.4 is 11.1 Å². The lowest BCUT2D eigenvalue weighted by Gasteiger charge is -2.07. The van der Waals surface area contributed by atoms with Crippen LogP contribution in [0.1, 0.15) is 10.4 Å². The molecule has 0 fully saturated rings. The normalized spacial score (nSPS) is 10.2. The number of nitrogens with two attached hydrogens (primary N) is 1. The molecule has 0 heterocycles. The Morgan fingerprint density at radius 2 is 2.24 bits per heavy atom. The second-order valence-electron chi connectivity index (χ2n) is 3.32. The van der Waals surface area contributed by atoms with Gasteiger partial charge in [-0.2, -0.15) is 0 Å². The maximum absolute atomic E-state index is 12.9. The van der Waals surface area contributed by atoms with Gasteiger partial charge in [-0.15, -0.1) is 0 Å². The fraction of sp³-hybridized carbons (Fsp3) is 0.364. The topological polar surface area (TPSA) is 84.6 Å². The lowest BCUT2D eigenvalue weighted by Crippen LogP contribution is -2.28. The van der Waals surface area contributed by atoms with E-state index < -0.39 is 11.7 Å². The zero-order valence-electron chi connectivity index (χ0n) is 9.28. The zero-order chi connectivity index (χ0) is 12.7. The minimum Gasteiger partial charge on any atom is -0.507 e. The molecule has 1 rings (SSSR count). The van der Waals surface area contributed by atoms with Gasteiger partial charge in [-0.05, 0) is 18.2 Å². The predicted molar refractivity (Wildman–Crippen MR) is 60.3 cm³/mol. The van der Waals surface area contributed by atoms with Gasteiger partial charge in [-0.3, -0.25) is 4.79 Å². The summed E-state index contributed by atoms with van der Waals surface area (Å²) in [5, 5.41) is 11.9. The molecule has 17 heavy (non-hydrogen) atoms. The van der Waals surface area contributed by atoms with Crippen LogP contribution in [-0.2, 0) is 4.74 Å². The van der Waals surface area contributed by atoms with E-state index in [9.17, 15) is 14.3 Å². The Kier molecular flexibility index (Phi) is 5.38. The first kappa shape index (κ1) is 13.4. The molecule has 0 bridgehead atoms. The summed E-state index contributed by atoms with van der Waals surface area (Å²) in [6.45, 7) is 1.42. The molecule has 0 radical (unpaired) electrons. The van der Waals surface area contributed by atoms with Gasteiger partial charge in [0.25, 0.3) is 5.91 Å². The third kappa shape index (κ3) is 4.38. The smallest absolute Gasteiger partial charge is 0.255 e. The van der Waals surface area contributed by atoms with E-state index in [1.165, 1.54) is 0 Å². The zero-order valence-corrected chi connectivity index (χ0v) is 9.28. The van der Waals surface area contributed by atoms with Crippen molar-refractivity contribution in [2.45, 2.75) is 0 Å². The summed E-state index contributed by atoms with van der Waals surface area (Å²) in [4.78, 5) is 11.5. The highest BCUT2D eigenvalue weighted by Gasteiger charge is 2.11. The highest BCUT2D eigenvalue weighted by Crippen LogP contribution is 2.17. The van der Waals surface area contributed by atoms with E-state index >= 15 is 0 Å². The Morgan fingerprint density at radius 3 is 2.94 bits per heavy atom. The number of hydrogen-bond donors (Lipinski definition) is 3. The number of carbonyl (C=O) groups excluding carboxylic acids is 1. The molecule has 0 aromatic heterocycles. The predicted octanol–water partition coefficient (Wildman–Crippen LogP) is 0.236. The van der Waals surface area contributed by atoms with Crippen LogP contribution in [0.3, 0.4) is 0 Å². The molecule has 4 N–H and O–H groups in total. The lowest BCUT2D eigenvalue weighted by molar-refractivity contribution is 0.0917. The summed E-state index contributed by atoms with van der Waals surface area (Å²) < 4.78 is 17.9. The highest BCUT2D eigenvalue weighted by molar-refractivity contribution is 5.96. The van der Waals surface area contributed by atoms with E-state index in [4.69, 9.17) is 10.5 Å². The molecule has 0 aliphatic rings. The summed E-state index contributed by atoms with van der Waals surface area (Å²) in [6.07, 6.45) is 0. The van der Waals surface area contributed by atoms with Crippen molar-refractivity contribution in [3.8, 4) is 5.75 Å². The second kappa shape index (κ2) is 6.82. The third-order valence-corrected chi connectivity index (χ3v) is 2.00. The van der Waals surface area contributed by atoms with Crippen molar-refractivity contribution in [3.05, 3.63) is 29.6 Å². The highest BCUT2D eigenvalue weighted by atomic mass is 19.1. The lowest BCUT2D eigenvalue weighted by atomic mass is 10.2. The average molecular weight is 242 g/mol. The molecule has 1 amide bonds. The number of benzene rings is 1. The molecule has 0 unspecified atom stereocenters. The fourth-order valence-corrected chi connectivity index (χ4v) is 1.21. The molecule has 1 aromatic carbocycles. The number of aromatic hydroxyl groups is 1. The SMILES string of the molecule is NCCOCCNC(=O)c1cc(F)ccc1O. The fourth-order valence-electron chi connectivity index (χ4n) is 1.21. The van der Waals surface area contributed by atoms with E-state index in [1.807, 2.05) is 0 Å². The number of hydrogen-bond acceptors (Lipinski definition) is 4. The summed E-state index contributed by atoms with van der Waals surface area (Å²) in [7, 11) is 0. The van der Waals surface area contributed by atoms with Crippen LogP contribution >= 0.6 is 0 Å². The van der Waals surface area contributed by atoms with Crippen molar-refractivity contribution < 1.29 is 19.0 Å². The molecule has 94 valence electrons. The van der Waals surface area contributed by atoms with Gasteiger partial charge in [0.2, 0.25) is 0 Å². The van der Waals surface area contributed by atoms with Crippen LogP contribution in [0.15, 0.2) is 18.2 Å². The Morgan fingerprint density at radius 1 is 1.47 bits per heavy atom. The minimum absolute atomic E-state index is 0.0937. The van der Waals surface area contributed by atoms with Gasteiger partial charge in [0.05, 0.1) is 18.8 Å². The number of halogens is 1. The summed E-state index contributed by atoms with van der Waals surface area (Å²) >= 11 is 0. The van der Waals surface area contributed by atoms with Crippen LogP contribution in [-0.4, -0.2) is 37.3 Å². The van der Waals surface area contributed by atoms with Gasteiger partial charge in [0.1, 0.15) is 11.6 Å². The molecule has 1 aromatic rings. The molecular formula is C11H15FN2O3. The van der Waals surface area contributed by atoms with Crippen molar-refractivity contribution in [1.29, 1.82) is 0 Å². The number of ether oxygens (including phenoxy) is 1. The first-order chi connectivity index (χ1) is 8.15. The average Bonchev–Trinajstić information content (AvgIpc) is 2.32. The number of rotatable bonds is 6. The largest absolute Gasteiger partial charge is 0.507 e. The van der Waals surface area contributed by atoms with Gasteiger partial charge in [0, 0.05) is 13.1 Å². The van der Waals surface area contributed by atoms with E-state index in [0.717, 1.165) is 18.2 Å².